The van der Waals surface area contributed by atoms with Crippen molar-refractivity contribution in [1.82, 2.24) is 5.32 Å². The molecule has 1 heterocycles. The zero-order chi connectivity index (χ0) is 13.4. The molecule has 5 heteroatoms. The summed E-state index contributed by atoms with van der Waals surface area (Å²) >= 11 is 1.70. The molecule has 1 fully saturated rings. The van der Waals surface area contributed by atoms with Gasteiger partial charge in [-0.15, -0.1) is 11.8 Å². The van der Waals surface area contributed by atoms with Gasteiger partial charge in [0.1, 0.15) is 0 Å². The summed E-state index contributed by atoms with van der Waals surface area (Å²) in [5.41, 5.74) is -0.413. The Hall–Kier alpha value is -0.00312. The second-order valence-corrected chi connectivity index (χ2v) is 9.48. The van der Waals surface area contributed by atoms with Crippen LogP contribution in [0.15, 0.2) is 0 Å². The standard InChI is InChI=1S/C12H25NO2SSi/c1-11(2,3)12(4,15-17(6)7)8-9(14)13-10(8)16-5/h8,10,17H,1-7H3,(H,13,14). The first kappa shape index (κ1) is 15.1. The number of carbonyl (C=O) groups excluding carboxylic acids is 1. The highest BCUT2D eigenvalue weighted by Gasteiger charge is 2.56. The number of thioether (sulfide) groups is 1. The van der Waals surface area contributed by atoms with Crippen LogP contribution >= 0.6 is 11.8 Å². The third-order valence-corrected chi connectivity index (χ3v) is 5.55. The van der Waals surface area contributed by atoms with Crippen molar-refractivity contribution < 1.29 is 9.22 Å². The van der Waals surface area contributed by atoms with Gasteiger partial charge in [-0.3, -0.25) is 4.79 Å². The van der Waals surface area contributed by atoms with Crippen LogP contribution in [0.4, 0.5) is 0 Å². The zero-order valence-electron chi connectivity index (χ0n) is 12.0. The molecule has 1 N–H and O–H groups in total. The van der Waals surface area contributed by atoms with Crippen molar-refractivity contribution in [2.75, 3.05) is 6.26 Å². The number of β-lactam (4-membered cyclic amide) rings is 1. The third-order valence-electron chi connectivity index (χ3n) is 3.69. The number of amides is 1. The van der Waals surface area contributed by atoms with Crippen molar-refractivity contribution in [3.05, 3.63) is 0 Å². The predicted molar refractivity (Wildman–Crippen MR) is 76.8 cm³/mol. The van der Waals surface area contributed by atoms with Crippen molar-refractivity contribution in [3.8, 4) is 0 Å². The maximum atomic E-state index is 11.9. The fraction of sp³-hybridized carbons (Fsp3) is 0.917. The van der Waals surface area contributed by atoms with Crippen molar-refractivity contribution >= 4 is 26.7 Å². The summed E-state index contributed by atoms with van der Waals surface area (Å²) in [6.45, 7) is 12.9. The molecule has 3 nitrogen and oxygen atoms in total. The smallest absolute Gasteiger partial charge is 0.229 e. The van der Waals surface area contributed by atoms with Crippen LogP contribution in [0.25, 0.3) is 0 Å². The molecule has 1 aliphatic heterocycles. The van der Waals surface area contributed by atoms with Crippen molar-refractivity contribution in [2.24, 2.45) is 11.3 Å². The van der Waals surface area contributed by atoms with Crippen LogP contribution in [-0.4, -0.2) is 32.2 Å². The molecule has 0 aliphatic carbocycles. The molecular weight excluding hydrogens is 250 g/mol. The molecule has 1 aliphatic rings. The maximum absolute atomic E-state index is 11.9. The average molecular weight is 275 g/mol. The maximum Gasteiger partial charge on any atom is 0.229 e. The van der Waals surface area contributed by atoms with E-state index in [-0.39, 0.29) is 28.2 Å². The minimum absolute atomic E-state index is 0.0348. The van der Waals surface area contributed by atoms with Gasteiger partial charge in [0, 0.05) is 0 Å². The van der Waals surface area contributed by atoms with Gasteiger partial charge < -0.3 is 9.74 Å². The van der Waals surface area contributed by atoms with E-state index >= 15 is 0 Å². The molecule has 17 heavy (non-hydrogen) atoms. The summed E-state index contributed by atoms with van der Waals surface area (Å²) in [7, 11) is -1.19. The summed E-state index contributed by atoms with van der Waals surface area (Å²) in [6.07, 6.45) is 2.03. The first-order valence-electron chi connectivity index (χ1n) is 6.14. The van der Waals surface area contributed by atoms with Gasteiger partial charge in [-0.05, 0) is 31.7 Å². The number of hydrogen-bond acceptors (Lipinski definition) is 3. The van der Waals surface area contributed by atoms with Gasteiger partial charge in [-0.25, -0.2) is 0 Å². The van der Waals surface area contributed by atoms with Gasteiger partial charge in [-0.2, -0.15) is 0 Å². The molecule has 0 aromatic heterocycles. The highest BCUT2D eigenvalue weighted by atomic mass is 32.2. The van der Waals surface area contributed by atoms with Gasteiger partial charge in [0.25, 0.3) is 0 Å². The molecule has 3 atom stereocenters. The Kier molecular flexibility index (Phi) is 4.37. The summed E-state index contributed by atoms with van der Waals surface area (Å²) in [6, 6.07) is 0. The molecular formula is C12H25NO2SSi. The van der Waals surface area contributed by atoms with Crippen LogP contribution in [0, 0.1) is 11.3 Å². The van der Waals surface area contributed by atoms with E-state index in [4.69, 9.17) is 4.43 Å². The SMILES string of the molecule is CSC1NC(=O)C1C(C)(O[SiH](C)C)C(C)(C)C. The van der Waals surface area contributed by atoms with E-state index in [9.17, 15) is 4.79 Å². The number of hydrogen-bond donors (Lipinski definition) is 1. The number of nitrogens with one attached hydrogen (secondary N) is 1. The second-order valence-electron chi connectivity index (χ2n) is 6.17. The summed E-state index contributed by atoms with van der Waals surface area (Å²) in [4.78, 5) is 11.9. The van der Waals surface area contributed by atoms with Crippen LogP contribution in [0.2, 0.25) is 13.1 Å². The van der Waals surface area contributed by atoms with E-state index in [0.717, 1.165) is 0 Å². The molecule has 0 aromatic rings. The Labute approximate surface area is 111 Å². The average Bonchev–Trinajstić information content (AvgIpc) is 2.10. The van der Waals surface area contributed by atoms with Crippen LogP contribution in [0.5, 0.6) is 0 Å². The zero-order valence-corrected chi connectivity index (χ0v) is 13.9. The van der Waals surface area contributed by atoms with Crippen LogP contribution < -0.4 is 5.32 Å². The minimum atomic E-state index is -1.19. The Bertz CT molecular complexity index is 303. The molecule has 0 radical (unpaired) electrons. The van der Waals surface area contributed by atoms with E-state index in [1.165, 1.54) is 0 Å². The summed E-state index contributed by atoms with van der Waals surface area (Å²) < 4.78 is 6.27. The van der Waals surface area contributed by atoms with Crippen molar-refractivity contribution in [3.63, 3.8) is 0 Å². The monoisotopic (exact) mass is 275 g/mol. The van der Waals surface area contributed by atoms with E-state index in [1.807, 2.05) is 6.26 Å². The molecule has 100 valence electrons. The largest absolute Gasteiger partial charge is 0.414 e. The highest BCUT2D eigenvalue weighted by molar-refractivity contribution is 7.99. The van der Waals surface area contributed by atoms with Crippen LogP contribution in [0.3, 0.4) is 0 Å². The number of rotatable bonds is 4. The molecule has 1 rings (SSSR count). The summed E-state index contributed by atoms with van der Waals surface area (Å²) in [5.74, 6) is 0.101. The Morgan fingerprint density at radius 3 is 2.12 bits per heavy atom. The molecule has 1 saturated heterocycles. The predicted octanol–water partition coefficient (Wildman–Crippen LogP) is 2.23. The summed E-state index contributed by atoms with van der Waals surface area (Å²) in [5, 5.41) is 3.15. The lowest BCUT2D eigenvalue weighted by Crippen LogP contribution is -2.69. The normalized spacial score (nSPS) is 28.6. The first-order valence-corrected chi connectivity index (χ1v) is 10.2. The van der Waals surface area contributed by atoms with E-state index in [1.54, 1.807) is 11.8 Å². The molecule has 3 unspecified atom stereocenters. The Morgan fingerprint density at radius 2 is 1.82 bits per heavy atom. The molecule has 0 aromatic carbocycles. The lowest BCUT2D eigenvalue weighted by Gasteiger charge is -2.54. The Morgan fingerprint density at radius 1 is 1.29 bits per heavy atom. The lowest BCUT2D eigenvalue weighted by molar-refractivity contribution is -0.153. The van der Waals surface area contributed by atoms with E-state index < -0.39 is 9.04 Å². The molecule has 1 amide bonds. The quantitative estimate of drug-likeness (QED) is 0.631. The fourth-order valence-electron chi connectivity index (χ4n) is 2.29. The molecule has 0 bridgehead atoms. The van der Waals surface area contributed by atoms with E-state index in [2.05, 4.69) is 46.1 Å². The first-order chi connectivity index (χ1) is 7.63. The van der Waals surface area contributed by atoms with Crippen LogP contribution in [-0.2, 0) is 9.22 Å². The van der Waals surface area contributed by atoms with Crippen molar-refractivity contribution in [1.29, 1.82) is 0 Å². The van der Waals surface area contributed by atoms with Gasteiger partial charge in [-0.1, -0.05) is 20.8 Å². The molecule has 0 spiro atoms. The van der Waals surface area contributed by atoms with Gasteiger partial charge in [0.2, 0.25) is 5.91 Å². The fourth-order valence-corrected chi connectivity index (χ4v) is 4.66. The highest BCUT2D eigenvalue weighted by Crippen LogP contribution is 2.46. The molecule has 0 saturated carbocycles. The van der Waals surface area contributed by atoms with Gasteiger partial charge >= 0.3 is 0 Å². The van der Waals surface area contributed by atoms with Gasteiger partial charge in [0.15, 0.2) is 9.04 Å². The lowest BCUT2D eigenvalue weighted by atomic mass is 9.67. The van der Waals surface area contributed by atoms with Crippen LogP contribution in [0.1, 0.15) is 27.7 Å². The topological polar surface area (TPSA) is 38.3 Å². The Balaban J connectivity index is 3.02. The van der Waals surface area contributed by atoms with Crippen molar-refractivity contribution in [2.45, 2.75) is 51.8 Å². The second kappa shape index (κ2) is 4.94. The number of carbonyl (C=O) groups is 1. The van der Waals surface area contributed by atoms with Gasteiger partial charge in [0.05, 0.1) is 16.9 Å². The third kappa shape index (κ3) is 2.71. The minimum Gasteiger partial charge on any atom is -0.414 e. The van der Waals surface area contributed by atoms with E-state index in [0.29, 0.717) is 0 Å².